The predicted molar refractivity (Wildman–Crippen MR) is 88.4 cm³/mol. The molecule has 6 nitrogen and oxygen atoms in total. The van der Waals surface area contributed by atoms with Crippen LogP contribution in [0, 0.1) is 5.92 Å². The molecule has 120 valence electrons. The van der Waals surface area contributed by atoms with Crippen LogP contribution < -0.4 is 5.32 Å². The van der Waals surface area contributed by atoms with Crippen molar-refractivity contribution in [3.05, 3.63) is 24.3 Å². The molecule has 23 heavy (non-hydrogen) atoms. The Bertz CT molecular complexity index is 822. The fraction of sp³-hybridized carbons (Fsp3) is 0.588. The Morgan fingerprint density at radius 3 is 2.87 bits per heavy atom. The summed E-state index contributed by atoms with van der Waals surface area (Å²) in [6.07, 6.45) is 11.5. The molecule has 0 atom stereocenters. The standard InChI is InChI=1S/C17H22N6/c1-3-12(4-2-11(1)9-19-13-5-6-13)15-16-14-7-8-18-17(14)20-10-23(16)22-21-15/h7-8,10-13,18-19H,1-6,9H2. The molecule has 0 radical (unpaired) electrons. The maximum Gasteiger partial charge on any atom is 0.141 e. The molecule has 0 saturated heterocycles. The van der Waals surface area contributed by atoms with Crippen LogP contribution in [0.5, 0.6) is 0 Å². The summed E-state index contributed by atoms with van der Waals surface area (Å²) in [6, 6.07) is 2.90. The molecule has 0 aromatic carbocycles. The number of H-pyrrole nitrogens is 1. The normalized spacial score (nSPS) is 25.4. The van der Waals surface area contributed by atoms with Crippen LogP contribution in [-0.2, 0) is 0 Å². The van der Waals surface area contributed by atoms with Gasteiger partial charge >= 0.3 is 0 Å². The smallest absolute Gasteiger partial charge is 0.141 e. The second-order valence-corrected chi connectivity index (χ2v) is 7.15. The van der Waals surface area contributed by atoms with Crippen molar-refractivity contribution < 1.29 is 0 Å². The first-order valence-corrected chi connectivity index (χ1v) is 8.79. The number of hydrogen-bond donors (Lipinski definition) is 2. The molecule has 3 aromatic rings. The van der Waals surface area contributed by atoms with Crippen molar-refractivity contribution in [3.8, 4) is 0 Å². The summed E-state index contributed by atoms with van der Waals surface area (Å²) >= 11 is 0. The van der Waals surface area contributed by atoms with Gasteiger partial charge in [-0.25, -0.2) is 9.50 Å². The van der Waals surface area contributed by atoms with E-state index in [9.17, 15) is 0 Å². The fourth-order valence-corrected chi connectivity index (χ4v) is 3.95. The van der Waals surface area contributed by atoms with Gasteiger partial charge < -0.3 is 10.3 Å². The van der Waals surface area contributed by atoms with E-state index in [0.29, 0.717) is 5.92 Å². The topological polar surface area (TPSA) is 70.9 Å². The van der Waals surface area contributed by atoms with Crippen molar-refractivity contribution in [1.82, 2.24) is 30.1 Å². The average Bonchev–Trinajstić information content (AvgIpc) is 3.12. The molecule has 2 fully saturated rings. The van der Waals surface area contributed by atoms with Crippen LogP contribution in [0.2, 0.25) is 0 Å². The first kappa shape index (κ1) is 13.5. The molecule has 0 unspecified atom stereocenters. The van der Waals surface area contributed by atoms with Crippen molar-refractivity contribution in [2.45, 2.75) is 50.5 Å². The molecular weight excluding hydrogens is 288 g/mol. The Labute approximate surface area is 134 Å². The first-order chi connectivity index (χ1) is 11.4. The number of fused-ring (bicyclic) bond motifs is 3. The Morgan fingerprint density at radius 2 is 2.04 bits per heavy atom. The van der Waals surface area contributed by atoms with Gasteiger partial charge in [0.05, 0.1) is 5.69 Å². The number of rotatable bonds is 4. The minimum absolute atomic E-state index is 0.533. The lowest BCUT2D eigenvalue weighted by Crippen LogP contribution is -2.27. The van der Waals surface area contributed by atoms with E-state index < -0.39 is 0 Å². The van der Waals surface area contributed by atoms with Gasteiger partial charge in [-0.05, 0) is 57.1 Å². The Hall–Kier alpha value is -1.95. The molecule has 0 bridgehead atoms. The van der Waals surface area contributed by atoms with E-state index in [1.165, 1.54) is 45.1 Å². The summed E-state index contributed by atoms with van der Waals surface area (Å²) in [5.74, 6) is 1.37. The molecule has 2 N–H and O–H groups in total. The van der Waals surface area contributed by atoms with E-state index in [1.54, 1.807) is 6.33 Å². The number of nitrogens with zero attached hydrogens (tertiary/aromatic N) is 4. The molecule has 0 amide bonds. The van der Waals surface area contributed by atoms with Gasteiger partial charge in [0.15, 0.2) is 0 Å². The highest BCUT2D eigenvalue weighted by molar-refractivity contribution is 5.92. The highest BCUT2D eigenvalue weighted by atomic mass is 15.4. The van der Waals surface area contributed by atoms with Crippen molar-refractivity contribution >= 4 is 16.6 Å². The zero-order chi connectivity index (χ0) is 15.2. The number of aromatic nitrogens is 5. The minimum atomic E-state index is 0.533. The average molecular weight is 310 g/mol. The van der Waals surface area contributed by atoms with Crippen LogP contribution >= 0.6 is 0 Å². The first-order valence-electron chi connectivity index (χ1n) is 8.79. The minimum Gasteiger partial charge on any atom is -0.346 e. The fourth-order valence-electron chi connectivity index (χ4n) is 3.95. The van der Waals surface area contributed by atoms with E-state index in [-0.39, 0.29) is 0 Å². The third-order valence-electron chi connectivity index (χ3n) is 5.50. The van der Waals surface area contributed by atoms with Crippen LogP contribution in [0.1, 0.15) is 50.1 Å². The SMILES string of the molecule is c1cc2c(ncn3nnc(C4CCC(CNC5CC5)CC4)c23)[nH]1. The zero-order valence-corrected chi connectivity index (χ0v) is 13.2. The van der Waals surface area contributed by atoms with Crippen LogP contribution in [0.3, 0.4) is 0 Å². The van der Waals surface area contributed by atoms with Crippen molar-refractivity contribution in [2.75, 3.05) is 6.54 Å². The molecule has 3 heterocycles. The largest absolute Gasteiger partial charge is 0.346 e. The van der Waals surface area contributed by atoms with Gasteiger partial charge in [0.2, 0.25) is 0 Å². The summed E-state index contributed by atoms with van der Waals surface area (Å²) in [6.45, 7) is 1.20. The quantitative estimate of drug-likeness (QED) is 0.777. The predicted octanol–water partition coefficient (Wildman–Crippen LogP) is 2.63. The molecule has 6 heteroatoms. The molecule has 0 aliphatic heterocycles. The van der Waals surface area contributed by atoms with Crippen LogP contribution in [-0.4, -0.2) is 37.4 Å². The van der Waals surface area contributed by atoms with E-state index in [0.717, 1.165) is 34.2 Å². The number of nitrogens with one attached hydrogen (secondary N) is 2. The lowest BCUT2D eigenvalue weighted by Gasteiger charge is -2.27. The number of hydrogen-bond acceptors (Lipinski definition) is 4. The van der Waals surface area contributed by atoms with Gasteiger partial charge in [-0.2, -0.15) is 0 Å². The monoisotopic (exact) mass is 310 g/mol. The summed E-state index contributed by atoms with van der Waals surface area (Å²) in [4.78, 5) is 7.57. The van der Waals surface area contributed by atoms with Crippen LogP contribution in [0.25, 0.3) is 16.6 Å². The Balaban J connectivity index is 1.37. The number of aromatic amines is 1. The molecule has 2 aliphatic carbocycles. The van der Waals surface area contributed by atoms with E-state index in [2.05, 4.69) is 31.7 Å². The van der Waals surface area contributed by atoms with Crippen LogP contribution in [0.15, 0.2) is 18.6 Å². The maximum absolute atomic E-state index is 4.50. The maximum atomic E-state index is 4.50. The summed E-state index contributed by atoms with van der Waals surface area (Å²) in [5.41, 5.74) is 3.21. The van der Waals surface area contributed by atoms with Gasteiger partial charge in [-0.15, -0.1) is 5.10 Å². The van der Waals surface area contributed by atoms with Gasteiger partial charge in [0.1, 0.15) is 17.5 Å². The third kappa shape index (κ3) is 2.41. The van der Waals surface area contributed by atoms with E-state index >= 15 is 0 Å². The second kappa shape index (κ2) is 5.30. The van der Waals surface area contributed by atoms with Gasteiger partial charge in [0, 0.05) is 23.5 Å². The Kier molecular flexibility index (Phi) is 3.11. The van der Waals surface area contributed by atoms with Crippen molar-refractivity contribution in [2.24, 2.45) is 5.92 Å². The summed E-state index contributed by atoms with van der Waals surface area (Å²) in [5, 5.41) is 13.6. The summed E-state index contributed by atoms with van der Waals surface area (Å²) in [7, 11) is 0. The molecular formula is C17H22N6. The molecule has 0 spiro atoms. The zero-order valence-electron chi connectivity index (χ0n) is 13.2. The highest BCUT2D eigenvalue weighted by Gasteiger charge is 2.28. The van der Waals surface area contributed by atoms with Gasteiger partial charge in [-0.1, -0.05) is 5.21 Å². The highest BCUT2D eigenvalue weighted by Crippen LogP contribution is 2.37. The van der Waals surface area contributed by atoms with E-state index in [1.807, 2.05) is 10.7 Å². The van der Waals surface area contributed by atoms with Gasteiger partial charge in [0.25, 0.3) is 0 Å². The second-order valence-electron chi connectivity index (χ2n) is 7.15. The molecule has 3 aromatic heterocycles. The molecule has 2 aliphatic rings. The van der Waals surface area contributed by atoms with Crippen molar-refractivity contribution in [3.63, 3.8) is 0 Å². The third-order valence-corrected chi connectivity index (χ3v) is 5.50. The molecule has 2 saturated carbocycles. The lowest BCUT2D eigenvalue weighted by molar-refractivity contribution is 0.311. The lowest BCUT2D eigenvalue weighted by atomic mass is 9.80. The summed E-state index contributed by atoms with van der Waals surface area (Å²) < 4.78 is 1.83. The van der Waals surface area contributed by atoms with E-state index in [4.69, 9.17) is 0 Å². The Morgan fingerprint density at radius 1 is 1.17 bits per heavy atom. The van der Waals surface area contributed by atoms with Gasteiger partial charge in [-0.3, -0.25) is 0 Å². The van der Waals surface area contributed by atoms with Crippen LogP contribution in [0.4, 0.5) is 0 Å². The molecule has 5 rings (SSSR count). The van der Waals surface area contributed by atoms with Crippen molar-refractivity contribution in [1.29, 1.82) is 0 Å².